The summed E-state index contributed by atoms with van der Waals surface area (Å²) in [5.41, 5.74) is 2.75. The van der Waals surface area contributed by atoms with Gasteiger partial charge in [-0.25, -0.2) is 8.42 Å². The number of rotatable bonds is 6. The van der Waals surface area contributed by atoms with Gasteiger partial charge in [-0.05, 0) is 48.0 Å². The maximum absolute atomic E-state index is 12.6. The largest absolute Gasteiger partial charge is 0.493 e. The van der Waals surface area contributed by atoms with Gasteiger partial charge in [0.15, 0.2) is 17.3 Å². The van der Waals surface area contributed by atoms with E-state index in [1.54, 1.807) is 18.2 Å². The summed E-state index contributed by atoms with van der Waals surface area (Å²) in [5, 5.41) is 13.5. The minimum atomic E-state index is -3.58. The van der Waals surface area contributed by atoms with E-state index in [0.717, 1.165) is 22.3 Å². The predicted molar refractivity (Wildman–Crippen MR) is 133 cm³/mol. The van der Waals surface area contributed by atoms with E-state index in [0.29, 0.717) is 23.7 Å². The van der Waals surface area contributed by atoms with Crippen LogP contribution >= 0.6 is 11.8 Å². The number of hydrogen-bond acceptors (Lipinski definition) is 8. The summed E-state index contributed by atoms with van der Waals surface area (Å²) in [6, 6.07) is 13.2. The van der Waals surface area contributed by atoms with Gasteiger partial charge in [-0.1, -0.05) is 42.8 Å². The third-order valence-electron chi connectivity index (χ3n) is 5.10. The second-order valence-corrected chi connectivity index (χ2v) is 10.9. The van der Waals surface area contributed by atoms with Gasteiger partial charge in [-0.2, -0.15) is 10.0 Å². The van der Waals surface area contributed by atoms with E-state index in [1.165, 1.54) is 25.7 Å². The number of amidine groups is 2. The average molecular weight is 499 g/mol. The number of thioether (sulfide) groups is 1. The number of aryl methyl sites for hydroxylation is 1. The molecule has 11 heteroatoms. The lowest BCUT2D eigenvalue weighted by Crippen LogP contribution is -2.35. The van der Waals surface area contributed by atoms with Crippen molar-refractivity contribution in [3.63, 3.8) is 0 Å². The Kier molecular flexibility index (Phi) is 6.58. The molecular formula is C23H22N4O5S2. The molecule has 0 atom stereocenters. The molecule has 1 N–H and O–H groups in total. The van der Waals surface area contributed by atoms with Gasteiger partial charge < -0.3 is 9.47 Å². The SMILES string of the molecule is CCS(=O)(=O)C1=NN2C(=N)/C(=C\c3ccc(OCc4ccc(C)cc4)c(OC)c3)C(=O)N=C2S1. The highest BCUT2D eigenvalue weighted by Gasteiger charge is 2.39. The molecule has 0 aliphatic carbocycles. The van der Waals surface area contributed by atoms with Crippen LogP contribution in [0.4, 0.5) is 0 Å². The molecule has 2 aromatic rings. The number of sulfone groups is 1. The molecule has 34 heavy (non-hydrogen) atoms. The monoisotopic (exact) mass is 498 g/mol. The molecule has 0 saturated carbocycles. The van der Waals surface area contributed by atoms with Gasteiger partial charge in [-0.3, -0.25) is 10.2 Å². The Labute approximate surface area is 201 Å². The van der Waals surface area contributed by atoms with Gasteiger partial charge >= 0.3 is 0 Å². The first kappa shape index (κ1) is 23.7. The minimum absolute atomic E-state index is 0.0152. The molecule has 2 aliphatic heterocycles. The number of carbonyl (C=O) groups excluding carboxylic acids is 1. The highest BCUT2D eigenvalue weighted by Crippen LogP contribution is 2.33. The summed E-state index contributed by atoms with van der Waals surface area (Å²) in [6.07, 6.45) is 1.49. The fourth-order valence-electron chi connectivity index (χ4n) is 3.13. The van der Waals surface area contributed by atoms with Crippen LogP contribution in [-0.2, 0) is 21.2 Å². The minimum Gasteiger partial charge on any atom is -0.493 e. The Morgan fingerprint density at radius 3 is 2.56 bits per heavy atom. The zero-order valence-corrected chi connectivity index (χ0v) is 20.4. The van der Waals surface area contributed by atoms with Crippen molar-refractivity contribution >= 4 is 49.0 Å². The van der Waals surface area contributed by atoms with Crippen LogP contribution in [0.2, 0.25) is 0 Å². The number of methoxy groups -OCH3 is 1. The standard InChI is InChI=1S/C23H22N4O5S2/c1-4-34(29,30)23-26-27-20(24)17(21(28)25-22(27)33-23)11-16-9-10-18(19(12-16)31-3)32-13-15-7-5-14(2)6-8-15/h5-12,24H,4,13H2,1-3H3/b17-11+,24-20?. The zero-order chi connectivity index (χ0) is 24.5. The molecule has 4 rings (SSSR count). The third-order valence-corrected chi connectivity index (χ3v) is 8.18. The van der Waals surface area contributed by atoms with Crippen LogP contribution in [0.3, 0.4) is 0 Å². The Balaban J connectivity index is 1.57. The predicted octanol–water partition coefficient (Wildman–Crippen LogP) is 3.59. The van der Waals surface area contributed by atoms with E-state index < -0.39 is 15.7 Å². The molecule has 0 radical (unpaired) electrons. The number of hydrazone groups is 1. The van der Waals surface area contributed by atoms with Crippen LogP contribution in [0.1, 0.15) is 23.6 Å². The number of fused-ring (bicyclic) bond motifs is 1. The van der Waals surface area contributed by atoms with E-state index in [4.69, 9.17) is 14.9 Å². The highest BCUT2D eigenvalue weighted by molar-refractivity contribution is 8.42. The van der Waals surface area contributed by atoms with Crippen molar-refractivity contribution in [2.75, 3.05) is 12.9 Å². The highest BCUT2D eigenvalue weighted by atomic mass is 32.3. The van der Waals surface area contributed by atoms with Crippen molar-refractivity contribution in [3.8, 4) is 11.5 Å². The zero-order valence-electron chi connectivity index (χ0n) is 18.7. The molecule has 0 fully saturated rings. The maximum atomic E-state index is 12.6. The van der Waals surface area contributed by atoms with Gasteiger partial charge in [0.05, 0.1) is 18.4 Å². The van der Waals surface area contributed by atoms with Crippen LogP contribution in [0, 0.1) is 12.3 Å². The quantitative estimate of drug-likeness (QED) is 0.604. The average Bonchev–Trinajstić information content (AvgIpc) is 3.27. The molecule has 0 unspecified atom stereocenters. The number of hydrogen-bond donors (Lipinski definition) is 1. The molecule has 0 aromatic heterocycles. The molecule has 176 valence electrons. The van der Waals surface area contributed by atoms with Crippen molar-refractivity contribution in [2.45, 2.75) is 20.5 Å². The number of nitrogens with one attached hydrogen (secondary N) is 1. The van der Waals surface area contributed by atoms with Crippen LogP contribution in [0.15, 0.2) is 58.1 Å². The molecule has 2 aliphatic rings. The number of benzene rings is 2. The number of nitrogens with zero attached hydrogens (tertiary/aromatic N) is 3. The Morgan fingerprint density at radius 2 is 1.88 bits per heavy atom. The van der Waals surface area contributed by atoms with Crippen LogP contribution in [0.5, 0.6) is 11.5 Å². The fraction of sp³-hybridized carbons (Fsp3) is 0.217. The maximum Gasteiger partial charge on any atom is 0.283 e. The van der Waals surface area contributed by atoms with Gasteiger partial charge in [0, 0.05) is 0 Å². The van der Waals surface area contributed by atoms with Gasteiger partial charge in [-0.15, -0.1) is 5.10 Å². The molecular weight excluding hydrogens is 476 g/mol. The molecule has 1 amide bonds. The lowest BCUT2D eigenvalue weighted by atomic mass is 10.1. The van der Waals surface area contributed by atoms with Gasteiger partial charge in [0.25, 0.3) is 5.91 Å². The lowest BCUT2D eigenvalue weighted by molar-refractivity contribution is -0.114. The van der Waals surface area contributed by atoms with E-state index >= 15 is 0 Å². The number of amides is 1. The summed E-state index contributed by atoms with van der Waals surface area (Å²) < 4.78 is 35.4. The number of ether oxygens (including phenoxy) is 2. The second kappa shape index (κ2) is 9.43. The summed E-state index contributed by atoms with van der Waals surface area (Å²) >= 11 is 0.767. The van der Waals surface area contributed by atoms with Crippen LogP contribution in [-0.4, -0.2) is 47.6 Å². The van der Waals surface area contributed by atoms with E-state index in [2.05, 4.69) is 10.1 Å². The van der Waals surface area contributed by atoms with Crippen molar-refractivity contribution in [1.29, 1.82) is 5.41 Å². The summed E-state index contributed by atoms with van der Waals surface area (Å²) in [4.78, 5) is 16.5. The number of carbonyl (C=O) groups is 1. The fourth-order valence-corrected chi connectivity index (χ4v) is 5.29. The molecule has 0 bridgehead atoms. The summed E-state index contributed by atoms with van der Waals surface area (Å²) in [6.45, 7) is 3.89. The Bertz CT molecular complexity index is 1360. The topological polar surface area (TPSA) is 121 Å². The van der Waals surface area contributed by atoms with Crippen molar-refractivity contribution in [3.05, 3.63) is 64.7 Å². The van der Waals surface area contributed by atoms with E-state index in [9.17, 15) is 13.2 Å². The Hall–Kier alpha value is -3.44. The Morgan fingerprint density at radius 1 is 1.15 bits per heavy atom. The smallest absolute Gasteiger partial charge is 0.283 e. The first-order valence-electron chi connectivity index (χ1n) is 10.3. The van der Waals surface area contributed by atoms with Crippen LogP contribution in [0.25, 0.3) is 6.08 Å². The van der Waals surface area contributed by atoms with Gasteiger partial charge in [0.1, 0.15) is 6.61 Å². The molecule has 2 heterocycles. The second-order valence-electron chi connectivity index (χ2n) is 7.47. The van der Waals surface area contributed by atoms with E-state index in [1.807, 2.05) is 31.2 Å². The van der Waals surface area contributed by atoms with Crippen molar-refractivity contribution in [2.24, 2.45) is 10.1 Å². The summed E-state index contributed by atoms with van der Waals surface area (Å²) in [5.74, 6) is -0.0329. The first-order chi connectivity index (χ1) is 16.2. The first-order valence-corrected chi connectivity index (χ1v) is 12.8. The summed E-state index contributed by atoms with van der Waals surface area (Å²) in [7, 11) is -2.07. The molecule has 9 nitrogen and oxygen atoms in total. The normalized spacial score (nSPS) is 16.9. The lowest BCUT2D eigenvalue weighted by Gasteiger charge is -2.20. The van der Waals surface area contributed by atoms with E-state index in [-0.39, 0.29) is 26.7 Å². The van der Waals surface area contributed by atoms with Crippen molar-refractivity contribution < 1.29 is 22.7 Å². The van der Waals surface area contributed by atoms with Gasteiger partial charge in [0.2, 0.25) is 19.4 Å². The van der Waals surface area contributed by atoms with Crippen LogP contribution < -0.4 is 9.47 Å². The van der Waals surface area contributed by atoms with Crippen molar-refractivity contribution in [1.82, 2.24) is 5.01 Å². The number of aliphatic imine (C=N–C) groups is 1. The molecule has 2 aromatic carbocycles. The molecule has 0 spiro atoms. The molecule has 0 saturated heterocycles. The third kappa shape index (κ3) is 4.75.